The molecule has 1 aliphatic heterocycles. The van der Waals surface area contributed by atoms with Crippen LogP contribution in [0, 0.1) is 5.92 Å². The Hall–Kier alpha value is -1.50. The number of likely N-dealkylation sites (tertiary alicyclic amines) is 1. The lowest BCUT2D eigenvalue weighted by atomic mass is 9.99. The van der Waals surface area contributed by atoms with Crippen LogP contribution in [-0.2, 0) is 9.47 Å². The first-order chi connectivity index (χ1) is 14.8. The molecule has 2 amide bonds. The van der Waals surface area contributed by atoms with Crippen molar-refractivity contribution >= 4 is 12.2 Å². The molecule has 0 radical (unpaired) electrons. The molecule has 1 aliphatic carbocycles. The zero-order valence-corrected chi connectivity index (χ0v) is 21.5. The van der Waals surface area contributed by atoms with Gasteiger partial charge in [0, 0.05) is 31.2 Å². The highest BCUT2D eigenvalue weighted by molar-refractivity contribution is 5.68. The van der Waals surface area contributed by atoms with Crippen molar-refractivity contribution in [3.8, 4) is 0 Å². The summed E-state index contributed by atoms with van der Waals surface area (Å²) in [6.45, 7) is 15.0. The van der Waals surface area contributed by atoms with Gasteiger partial charge in [0.05, 0.1) is 0 Å². The molecule has 7 heteroatoms. The fourth-order valence-corrected chi connectivity index (χ4v) is 4.85. The third-order valence-electron chi connectivity index (χ3n) is 6.20. The van der Waals surface area contributed by atoms with E-state index in [0.717, 1.165) is 45.1 Å². The number of hydrogen-bond acceptors (Lipinski definition) is 5. The molecule has 1 saturated carbocycles. The number of nitrogens with zero attached hydrogens (tertiary/aromatic N) is 1. The molecule has 4 atom stereocenters. The van der Waals surface area contributed by atoms with E-state index in [4.69, 9.17) is 9.47 Å². The first-order valence-electron chi connectivity index (χ1n) is 12.6. The molecule has 0 spiro atoms. The van der Waals surface area contributed by atoms with Crippen LogP contribution in [0.25, 0.3) is 0 Å². The molecule has 186 valence electrons. The second-order valence-electron chi connectivity index (χ2n) is 11.7. The van der Waals surface area contributed by atoms with Crippen LogP contribution in [0.2, 0.25) is 0 Å². The Bertz CT molecular complexity index is 611. The number of rotatable bonds is 6. The molecule has 2 aliphatic rings. The summed E-state index contributed by atoms with van der Waals surface area (Å²) in [7, 11) is 0. The van der Waals surface area contributed by atoms with Gasteiger partial charge in [0.2, 0.25) is 0 Å². The molecule has 7 nitrogen and oxygen atoms in total. The average Bonchev–Trinajstić information content (AvgIpc) is 2.92. The topological polar surface area (TPSA) is 79.9 Å². The van der Waals surface area contributed by atoms with Gasteiger partial charge in [0.15, 0.2) is 0 Å². The largest absolute Gasteiger partial charge is 0.444 e. The quantitative estimate of drug-likeness (QED) is 0.576. The maximum atomic E-state index is 12.8. The van der Waals surface area contributed by atoms with Crippen LogP contribution >= 0.6 is 0 Å². The normalized spacial score (nSPS) is 25.7. The van der Waals surface area contributed by atoms with Crippen LogP contribution in [0.4, 0.5) is 9.59 Å². The van der Waals surface area contributed by atoms with Crippen LogP contribution in [0.3, 0.4) is 0 Å². The van der Waals surface area contributed by atoms with Crippen LogP contribution in [0.15, 0.2) is 0 Å². The zero-order valence-electron chi connectivity index (χ0n) is 21.5. The van der Waals surface area contributed by atoms with Crippen LogP contribution in [-0.4, -0.2) is 59.5 Å². The summed E-state index contributed by atoms with van der Waals surface area (Å²) in [4.78, 5) is 26.8. The molecule has 2 N–H and O–H groups in total. The van der Waals surface area contributed by atoms with Gasteiger partial charge in [-0.25, -0.2) is 9.59 Å². The van der Waals surface area contributed by atoms with Gasteiger partial charge in [0.1, 0.15) is 11.2 Å². The van der Waals surface area contributed by atoms with Crippen molar-refractivity contribution in [2.75, 3.05) is 13.1 Å². The summed E-state index contributed by atoms with van der Waals surface area (Å²) in [6.07, 6.45) is 8.17. The van der Waals surface area contributed by atoms with Crippen molar-refractivity contribution in [3.05, 3.63) is 0 Å². The molecule has 4 unspecified atom stereocenters. The Balaban J connectivity index is 1.88. The summed E-state index contributed by atoms with van der Waals surface area (Å²) < 4.78 is 11.1. The molecule has 32 heavy (non-hydrogen) atoms. The Kier molecular flexibility index (Phi) is 9.68. The first-order valence-corrected chi connectivity index (χ1v) is 12.6. The zero-order chi connectivity index (χ0) is 23.9. The molecule has 0 aromatic rings. The van der Waals surface area contributed by atoms with Crippen molar-refractivity contribution in [2.45, 2.75) is 129 Å². The van der Waals surface area contributed by atoms with E-state index in [-0.39, 0.29) is 24.3 Å². The van der Waals surface area contributed by atoms with Crippen molar-refractivity contribution in [3.63, 3.8) is 0 Å². The number of carbonyl (C=O) groups is 2. The standard InChI is InChI=1S/C25H47N3O4/c1-18(16-20-13-9-8-10-15-28(20)23(30)32-25(5,6)7)27-21-14-11-12-19(21)17-26-22(29)31-24(2,3)4/h18-21,27H,8-17H2,1-7H3,(H,26,29). The molecule has 2 fully saturated rings. The van der Waals surface area contributed by atoms with Gasteiger partial charge in [-0.2, -0.15) is 0 Å². The molecule has 0 aromatic carbocycles. The van der Waals surface area contributed by atoms with E-state index in [1.54, 1.807) is 0 Å². The van der Waals surface area contributed by atoms with E-state index in [1.165, 1.54) is 12.8 Å². The fraction of sp³-hybridized carbons (Fsp3) is 0.920. The molecule has 0 bridgehead atoms. The van der Waals surface area contributed by atoms with E-state index in [1.807, 2.05) is 46.4 Å². The lowest BCUT2D eigenvalue weighted by molar-refractivity contribution is 0.0149. The second kappa shape index (κ2) is 11.6. The van der Waals surface area contributed by atoms with Gasteiger partial charge in [-0.15, -0.1) is 0 Å². The van der Waals surface area contributed by atoms with Crippen LogP contribution in [0.1, 0.15) is 99.8 Å². The number of alkyl carbamates (subject to hydrolysis) is 1. The lowest BCUT2D eigenvalue weighted by Crippen LogP contribution is -2.48. The van der Waals surface area contributed by atoms with Crippen LogP contribution in [0.5, 0.6) is 0 Å². The molecular weight excluding hydrogens is 406 g/mol. The highest BCUT2D eigenvalue weighted by atomic mass is 16.6. The summed E-state index contributed by atoms with van der Waals surface area (Å²) in [5.74, 6) is 0.404. The van der Waals surface area contributed by atoms with E-state index in [9.17, 15) is 9.59 Å². The molecule has 1 heterocycles. The van der Waals surface area contributed by atoms with E-state index in [0.29, 0.717) is 18.5 Å². The van der Waals surface area contributed by atoms with Crippen LogP contribution < -0.4 is 10.6 Å². The number of carbonyl (C=O) groups excluding carboxylic acids is 2. The smallest absolute Gasteiger partial charge is 0.410 e. The highest BCUT2D eigenvalue weighted by Crippen LogP contribution is 2.28. The third kappa shape index (κ3) is 9.55. The SMILES string of the molecule is CC(CC1CCCCCN1C(=O)OC(C)(C)C)NC1CCCC1CNC(=O)OC(C)(C)C. The minimum Gasteiger partial charge on any atom is -0.444 e. The molecule has 1 saturated heterocycles. The summed E-state index contributed by atoms with van der Waals surface area (Å²) in [5.41, 5.74) is -0.958. The monoisotopic (exact) mass is 453 g/mol. The second-order valence-corrected chi connectivity index (χ2v) is 11.7. The van der Waals surface area contributed by atoms with Gasteiger partial charge in [0.25, 0.3) is 0 Å². The summed E-state index contributed by atoms with van der Waals surface area (Å²) >= 11 is 0. The van der Waals surface area contributed by atoms with Crippen molar-refractivity contribution in [1.29, 1.82) is 0 Å². The maximum Gasteiger partial charge on any atom is 0.410 e. The number of hydrogen-bond donors (Lipinski definition) is 2. The summed E-state index contributed by atoms with van der Waals surface area (Å²) in [5, 5.41) is 6.75. The minimum atomic E-state index is -0.482. The minimum absolute atomic E-state index is 0.183. The van der Waals surface area contributed by atoms with E-state index < -0.39 is 11.2 Å². The van der Waals surface area contributed by atoms with Crippen molar-refractivity contribution in [1.82, 2.24) is 15.5 Å². The first kappa shape index (κ1) is 26.7. The van der Waals surface area contributed by atoms with E-state index in [2.05, 4.69) is 17.6 Å². The molecular formula is C25H47N3O4. The van der Waals surface area contributed by atoms with E-state index >= 15 is 0 Å². The van der Waals surface area contributed by atoms with Gasteiger partial charge >= 0.3 is 12.2 Å². The Morgan fingerprint density at radius 3 is 2.28 bits per heavy atom. The van der Waals surface area contributed by atoms with Gasteiger partial charge < -0.3 is 25.0 Å². The number of amides is 2. The van der Waals surface area contributed by atoms with Gasteiger partial charge in [-0.3, -0.25) is 0 Å². The Labute approximate surface area is 195 Å². The predicted octanol–water partition coefficient (Wildman–Crippen LogP) is 5.23. The predicted molar refractivity (Wildman–Crippen MR) is 128 cm³/mol. The number of nitrogens with one attached hydrogen (secondary N) is 2. The molecule has 0 aromatic heterocycles. The molecule has 2 rings (SSSR count). The lowest BCUT2D eigenvalue weighted by Gasteiger charge is -2.35. The third-order valence-corrected chi connectivity index (χ3v) is 6.20. The fourth-order valence-electron chi connectivity index (χ4n) is 4.85. The van der Waals surface area contributed by atoms with Gasteiger partial charge in [-0.05, 0) is 86.5 Å². The number of ether oxygens (including phenoxy) is 2. The maximum absolute atomic E-state index is 12.8. The Morgan fingerprint density at radius 2 is 1.62 bits per heavy atom. The summed E-state index contributed by atoms with van der Waals surface area (Å²) in [6, 6.07) is 0.866. The highest BCUT2D eigenvalue weighted by Gasteiger charge is 2.33. The Morgan fingerprint density at radius 1 is 0.938 bits per heavy atom. The van der Waals surface area contributed by atoms with Gasteiger partial charge in [-0.1, -0.05) is 19.3 Å². The van der Waals surface area contributed by atoms with Crippen molar-refractivity contribution in [2.24, 2.45) is 5.92 Å². The average molecular weight is 454 g/mol. The van der Waals surface area contributed by atoms with Crippen molar-refractivity contribution < 1.29 is 19.1 Å².